The average molecular weight is 347 g/mol. The fraction of sp³-hybridized carbons (Fsp3) is 1.00. The minimum atomic E-state index is -4.68. The summed E-state index contributed by atoms with van der Waals surface area (Å²) in [6.45, 7) is 5.04. The summed E-state index contributed by atoms with van der Waals surface area (Å²) in [5.74, 6) is -2.27. The molecule has 134 valence electrons. The van der Waals surface area contributed by atoms with E-state index in [-0.39, 0.29) is 19.8 Å². The van der Waals surface area contributed by atoms with Crippen LogP contribution in [0.2, 0.25) is 0 Å². The zero-order valence-electron chi connectivity index (χ0n) is 13.7. The van der Waals surface area contributed by atoms with Gasteiger partial charge in [0.2, 0.25) is 5.78 Å². The first kappa shape index (κ1) is 21.9. The Bertz CT molecular complexity index is 317. The van der Waals surface area contributed by atoms with Gasteiger partial charge in [0.05, 0.1) is 13.2 Å². The first-order chi connectivity index (χ1) is 10.3. The zero-order chi connectivity index (χ0) is 17.1. The maximum absolute atomic E-state index is 13.1. The van der Waals surface area contributed by atoms with Gasteiger partial charge in [0.15, 0.2) is 0 Å². The van der Waals surface area contributed by atoms with Crippen LogP contribution in [0.25, 0.3) is 0 Å². The van der Waals surface area contributed by atoms with Crippen molar-refractivity contribution in [1.82, 2.24) is 5.32 Å². The van der Waals surface area contributed by atoms with Crippen LogP contribution >= 0.6 is 7.60 Å². The van der Waals surface area contributed by atoms with Crippen LogP contribution in [0, 0.1) is 0 Å². The zero-order valence-corrected chi connectivity index (χ0v) is 14.6. The second-order valence-corrected chi connectivity index (χ2v) is 7.15. The van der Waals surface area contributed by atoms with E-state index in [2.05, 4.69) is 12.2 Å². The lowest BCUT2D eigenvalue weighted by molar-refractivity contribution is -0.141. The summed E-state index contributed by atoms with van der Waals surface area (Å²) in [6, 6.07) is 0. The summed E-state index contributed by atoms with van der Waals surface area (Å²) < 4.78 is 61.4. The molecule has 0 fully saturated rings. The molecular weight excluding hydrogens is 318 g/mol. The van der Waals surface area contributed by atoms with Gasteiger partial charge in [-0.05, 0) is 26.8 Å². The number of halogens is 3. The van der Waals surface area contributed by atoms with Gasteiger partial charge in [-0.2, -0.15) is 13.2 Å². The van der Waals surface area contributed by atoms with E-state index in [9.17, 15) is 17.7 Å². The van der Waals surface area contributed by atoms with Gasteiger partial charge in [-0.25, -0.2) is 0 Å². The molecule has 0 heterocycles. The quantitative estimate of drug-likeness (QED) is 0.372. The lowest BCUT2D eigenvalue weighted by Crippen LogP contribution is -2.43. The molecule has 0 aromatic carbocycles. The van der Waals surface area contributed by atoms with E-state index in [4.69, 9.17) is 9.05 Å². The molecule has 0 saturated carbocycles. The lowest BCUT2D eigenvalue weighted by atomic mass is 10.1. The van der Waals surface area contributed by atoms with E-state index in [1.54, 1.807) is 0 Å². The van der Waals surface area contributed by atoms with Crippen LogP contribution in [-0.4, -0.2) is 31.7 Å². The van der Waals surface area contributed by atoms with E-state index in [0.29, 0.717) is 6.42 Å². The first-order valence-electron chi connectivity index (χ1n) is 8.00. The number of rotatable bonds is 13. The maximum Gasteiger partial charge on any atom is 0.415 e. The Morgan fingerprint density at radius 1 is 0.955 bits per heavy atom. The molecule has 0 aromatic heterocycles. The number of hydrogen-bond acceptors (Lipinski definition) is 4. The van der Waals surface area contributed by atoms with Crippen LogP contribution in [0.1, 0.15) is 59.3 Å². The third-order valence-electron chi connectivity index (χ3n) is 3.11. The van der Waals surface area contributed by atoms with Gasteiger partial charge in [-0.15, -0.1) is 0 Å². The van der Waals surface area contributed by atoms with Crippen molar-refractivity contribution in [2.45, 2.75) is 71.3 Å². The highest BCUT2D eigenvalue weighted by Gasteiger charge is 2.53. The summed E-state index contributed by atoms with van der Waals surface area (Å²) in [5.41, 5.74) is 0. The van der Waals surface area contributed by atoms with Crippen molar-refractivity contribution in [1.29, 1.82) is 0 Å². The molecule has 4 nitrogen and oxygen atoms in total. The molecule has 1 unspecified atom stereocenters. The van der Waals surface area contributed by atoms with Crippen molar-refractivity contribution in [3.63, 3.8) is 0 Å². The normalized spacial score (nSPS) is 14.3. The van der Waals surface area contributed by atoms with Crippen LogP contribution < -0.4 is 5.32 Å². The SMILES string of the molecule is CCCCCCCCNC(C(F)(F)F)P(=O)(OCC)OCC. The van der Waals surface area contributed by atoms with Crippen LogP contribution in [0.5, 0.6) is 0 Å². The second-order valence-electron chi connectivity index (χ2n) is 5.04. The summed E-state index contributed by atoms with van der Waals surface area (Å²) >= 11 is 0. The average Bonchev–Trinajstić information content (AvgIpc) is 2.40. The molecular formula is C14H29F3NO3P. The van der Waals surface area contributed by atoms with Gasteiger partial charge in [0.25, 0.3) is 0 Å². The molecule has 0 spiro atoms. The predicted molar refractivity (Wildman–Crippen MR) is 82.1 cm³/mol. The van der Waals surface area contributed by atoms with Gasteiger partial charge >= 0.3 is 13.8 Å². The molecule has 0 aliphatic rings. The number of unbranched alkanes of at least 4 members (excludes halogenated alkanes) is 5. The molecule has 0 aromatic rings. The molecule has 0 aliphatic carbocycles. The molecule has 0 rings (SSSR count). The first-order valence-corrected chi connectivity index (χ1v) is 9.61. The van der Waals surface area contributed by atoms with Crippen LogP contribution in [0.4, 0.5) is 13.2 Å². The van der Waals surface area contributed by atoms with E-state index >= 15 is 0 Å². The van der Waals surface area contributed by atoms with Gasteiger partial charge in [0.1, 0.15) is 0 Å². The molecule has 0 amide bonds. The minimum Gasteiger partial charge on any atom is -0.308 e. The van der Waals surface area contributed by atoms with Crippen molar-refractivity contribution in [3.8, 4) is 0 Å². The molecule has 0 saturated heterocycles. The Morgan fingerprint density at radius 3 is 1.91 bits per heavy atom. The molecule has 1 atom stereocenters. The van der Waals surface area contributed by atoms with Gasteiger partial charge in [0, 0.05) is 0 Å². The van der Waals surface area contributed by atoms with Gasteiger partial charge < -0.3 is 9.05 Å². The maximum atomic E-state index is 13.1. The van der Waals surface area contributed by atoms with Crippen LogP contribution in [0.3, 0.4) is 0 Å². The second kappa shape index (κ2) is 11.4. The fourth-order valence-electron chi connectivity index (χ4n) is 2.10. The number of nitrogens with one attached hydrogen (secondary N) is 1. The summed E-state index contributed by atoms with van der Waals surface area (Å²) in [5, 5.41) is 2.32. The van der Waals surface area contributed by atoms with Crippen molar-refractivity contribution < 1.29 is 26.8 Å². The Labute approximate surface area is 131 Å². The third-order valence-corrected chi connectivity index (χ3v) is 5.46. The van der Waals surface area contributed by atoms with Crippen molar-refractivity contribution in [2.24, 2.45) is 0 Å². The molecule has 1 N–H and O–H groups in total. The van der Waals surface area contributed by atoms with E-state index in [1.165, 1.54) is 13.8 Å². The van der Waals surface area contributed by atoms with Crippen LogP contribution in [0.15, 0.2) is 0 Å². The van der Waals surface area contributed by atoms with Crippen molar-refractivity contribution >= 4 is 7.60 Å². The Kier molecular flexibility index (Phi) is 11.4. The van der Waals surface area contributed by atoms with E-state index in [1.807, 2.05) is 0 Å². The Hall–Kier alpha value is -0.100. The summed E-state index contributed by atoms with van der Waals surface area (Å²) in [6.07, 6.45) is 1.14. The monoisotopic (exact) mass is 347 g/mol. The smallest absolute Gasteiger partial charge is 0.308 e. The highest BCUT2D eigenvalue weighted by Crippen LogP contribution is 2.56. The number of alkyl halides is 3. The summed E-state index contributed by atoms with van der Waals surface area (Å²) in [7, 11) is -4.25. The largest absolute Gasteiger partial charge is 0.415 e. The fourth-order valence-corrected chi connectivity index (χ4v) is 3.90. The number of hydrogen-bond donors (Lipinski definition) is 1. The molecule has 8 heteroatoms. The van der Waals surface area contributed by atoms with Gasteiger partial charge in [-0.1, -0.05) is 39.0 Å². The van der Waals surface area contributed by atoms with Crippen molar-refractivity contribution in [3.05, 3.63) is 0 Å². The van der Waals surface area contributed by atoms with E-state index in [0.717, 1.165) is 32.1 Å². The Morgan fingerprint density at radius 2 is 1.45 bits per heavy atom. The minimum absolute atomic E-state index is 0.0947. The highest BCUT2D eigenvalue weighted by molar-refractivity contribution is 7.54. The van der Waals surface area contributed by atoms with Crippen molar-refractivity contribution in [2.75, 3.05) is 19.8 Å². The highest BCUT2D eigenvalue weighted by atomic mass is 31.2. The van der Waals surface area contributed by atoms with Gasteiger partial charge in [-0.3, -0.25) is 9.88 Å². The molecule has 0 bridgehead atoms. The van der Waals surface area contributed by atoms with Crippen LogP contribution in [-0.2, 0) is 13.6 Å². The third kappa shape index (κ3) is 8.51. The lowest BCUT2D eigenvalue weighted by Gasteiger charge is -2.28. The van der Waals surface area contributed by atoms with E-state index < -0.39 is 19.6 Å². The molecule has 0 radical (unpaired) electrons. The molecule has 0 aliphatic heterocycles. The topological polar surface area (TPSA) is 47.6 Å². The summed E-state index contributed by atoms with van der Waals surface area (Å²) in [4.78, 5) is 0. The Balaban J connectivity index is 4.49. The standard InChI is InChI=1S/C14H29F3NO3P/c1-4-7-8-9-10-11-12-18-13(14(15,16)17)22(19,20-5-2)21-6-3/h13,18H,4-12H2,1-3H3. The predicted octanol–water partition coefficient (Wildman–Crippen LogP) is 5.09. The molecule has 22 heavy (non-hydrogen) atoms.